The van der Waals surface area contributed by atoms with Crippen molar-refractivity contribution in [3.8, 4) is 5.75 Å². The van der Waals surface area contributed by atoms with Crippen molar-refractivity contribution in [3.05, 3.63) is 41.4 Å². The summed E-state index contributed by atoms with van der Waals surface area (Å²) in [7, 11) is 0. The molecule has 2 rings (SSSR count). The molecule has 0 fully saturated rings. The molecule has 88 valence electrons. The van der Waals surface area contributed by atoms with E-state index in [0.717, 1.165) is 4.47 Å². The maximum absolute atomic E-state index is 11.4. The second kappa shape index (κ2) is 5.44. The first-order valence-electron chi connectivity index (χ1n) is 4.77. The van der Waals surface area contributed by atoms with E-state index in [4.69, 9.17) is 4.74 Å². The minimum Gasteiger partial charge on any atom is -0.484 e. The van der Waals surface area contributed by atoms with E-state index in [2.05, 4.69) is 31.6 Å². The molecule has 0 unspecified atom stereocenters. The van der Waals surface area contributed by atoms with Gasteiger partial charge in [0.05, 0.1) is 0 Å². The zero-order valence-electron chi connectivity index (χ0n) is 8.71. The Morgan fingerprint density at radius 1 is 1.29 bits per heavy atom. The van der Waals surface area contributed by atoms with Crippen LogP contribution in [0, 0.1) is 0 Å². The van der Waals surface area contributed by atoms with Crippen molar-refractivity contribution in [3.63, 3.8) is 0 Å². The summed E-state index contributed by atoms with van der Waals surface area (Å²) in [6.07, 6.45) is 2.77. The molecule has 0 spiro atoms. The van der Waals surface area contributed by atoms with Crippen LogP contribution in [0.15, 0.2) is 41.4 Å². The molecule has 0 aliphatic heterocycles. The molecule has 0 bridgehead atoms. The van der Waals surface area contributed by atoms with Crippen LogP contribution < -0.4 is 10.2 Å². The smallest absolute Gasteiger partial charge is 0.276 e. The highest BCUT2D eigenvalue weighted by molar-refractivity contribution is 9.10. The number of rotatable bonds is 4. The minimum atomic E-state index is -0.285. The van der Waals surface area contributed by atoms with Crippen LogP contribution in [0.1, 0.15) is 0 Å². The molecule has 0 saturated carbocycles. The maximum Gasteiger partial charge on any atom is 0.276 e. The summed E-state index contributed by atoms with van der Waals surface area (Å²) in [4.78, 5) is 11.4. The van der Waals surface area contributed by atoms with Gasteiger partial charge < -0.3 is 4.74 Å². The first-order chi connectivity index (χ1) is 8.24. The third-order valence-electron chi connectivity index (χ3n) is 1.86. The Kier molecular flexibility index (Phi) is 3.71. The van der Waals surface area contributed by atoms with Crippen LogP contribution in [0.2, 0.25) is 0 Å². The Balaban J connectivity index is 1.82. The van der Waals surface area contributed by atoms with Crippen molar-refractivity contribution in [2.45, 2.75) is 0 Å². The van der Waals surface area contributed by atoms with Gasteiger partial charge in [0, 0.05) is 4.47 Å². The molecule has 0 aliphatic carbocycles. The highest BCUT2D eigenvalue weighted by Crippen LogP contribution is 2.15. The third-order valence-corrected chi connectivity index (χ3v) is 2.38. The van der Waals surface area contributed by atoms with E-state index in [1.54, 1.807) is 12.1 Å². The molecule has 1 amide bonds. The molecule has 1 N–H and O–H groups in total. The molecule has 17 heavy (non-hydrogen) atoms. The number of hydrogen-bond donors (Lipinski definition) is 1. The second-order valence-corrected chi connectivity index (χ2v) is 4.06. The molecule has 2 aromatic rings. The van der Waals surface area contributed by atoms with Crippen molar-refractivity contribution < 1.29 is 9.53 Å². The van der Waals surface area contributed by atoms with E-state index in [0.29, 0.717) is 5.75 Å². The summed E-state index contributed by atoms with van der Waals surface area (Å²) in [5, 5.41) is 7.11. The topological polar surface area (TPSA) is 69.0 Å². The van der Waals surface area contributed by atoms with Crippen LogP contribution in [-0.4, -0.2) is 27.4 Å². The van der Waals surface area contributed by atoms with E-state index >= 15 is 0 Å². The van der Waals surface area contributed by atoms with Crippen molar-refractivity contribution in [1.82, 2.24) is 14.9 Å². The van der Waals surface area contributed by atoms with E-state index in [1.807, 2.05) is 12.1 Å². The molecule has 0 saturated heterocycles. The number of aromatic nitrogens is 3. The molecular weight excluding hydrogens is 288 g/mol. The maximum atomic E-state index is 11.4. The fraction of sp³-hybridized carbons (Fsp3) is 0.100. The average Bonchev–Trinajstić information content (AvgIpc) is 2.81. The standard InChI is InChI=1S/C10H9BrN4O2/c11-8-1-3-9(4-2-8)17-5-10(16)14-15-6-12-13-7-15/h1-4,6-7H,5H2,(H,14,16). The molecule has 1 heterocycles. The molecular formula is C10H9BrN4O2. The normalized spacial score (nSPS) is 9.94. The largest absolute Gasteiger partial charge is 0.484 e. The van der Waals surface area contributed by atoms with Crippen molar-refractivity contribution in [2.75, 3.05) is 12.0 Å². The number of nitrogens with one attached hydrogen (secondary N) is 1. The van der Waals surface area contributed by atoms with Gasteiger partial charge in [-0.2, -0.15) is 0 Å². The van der Waals surface area contributed by atoms with Crippen molar-refractivity contribution in [1.29, 1.82) is 0 Å². The lowest BCUT2D eigenvalue weighted by atomic mass is 10.3. The molecule has 1 aromatic heterocycles. The summed E-state index contributed by atoms with van der Waals surface area (Å²) >= 11 is 3.31. The zero-order valence-corrected chi connectivity index (χ0v) is 10.3. The number of carbonyl (C=O) groups is 1. The molecule has 0 atom stereocenters. The number of benzene rings is 1. The number of ether oxygens (including phenoxy) is 1. The van der Waals surface area contributed by atoms with Crippen LogP contribution in [-0.2, 0) is 4.79 Å². The van der Waals surface area contributed by atoms with Gasteiger partial charge >= 0.3 is 0 Å². The number of carbonyl (C=O) groups excluding carboxylic acids is 1. The van der Waals surface area contributed by atoms with Gasteiger partial charge in [-0.1, -0.05) is 15.9 Å². The summed E-state index contributed by atoms with van der Waals surface area (Å²) in [5.41, 5.74) is 2.52. The predicted molar refractivity (Wildman–Crippen MR) is 64.0 cm³/mol. The molecule has 0 radical (unpaired) electrons. The van der Waals surface area contributed by atoms with Gasteiger partial charge in [0.2, 0.25) is 0 Å². The fourth-order valence-electron chi connectivity index (χ4n) is 1.11. The number of amides is 1. The van der Waals surface area contributed by atoms with Crippen molar-refractivity contribution in [2.24, 2.45) is 0 Å². The number of halogens is 1. The van der Waals surface area contributed by atoms with Gasteiger partial charge in [-0.15, -0.1) is 10.2 Å². The lowest BCUT2D eigenvalue weighted by Gasteiger charge is -2.07. The second-order valence-electron chi connectivity index (χ2n) is 3.15. The predicted octanol–water partition coefficient (Wildman–Crippen LogP) is 1.19. The Morgan fingerprint density at radius 3 is 2.59 bits per heavy atom. The van der Waals surface area contributed by atoms with Crippen LogP contribution in [0.25, 0.3) is 0 Å². The highest BCUT2D eigenvalue weighted by atomic mass is 79.9. The van der Waals surface area contributed by atoms with Crippen LogP contribution in [0.5, 0.6) is 5.75 Å². The monoisotopic (exact) mass is 296 g/mol. The van der Waals surface area contributed by atoms with E-state index in [9.17, 15) is 4.79 Å². The van der Waals surface area contributed by atoms with Crippen molar-refractivity contribution >= 4 is 21.8 Å². The number of nitrogens with zero attached hydrogens (tertiary/aromatic N) is 3. The Labute approximate surface area is 106 Å². The first kappa shape index (κ1) is 11.6. The van der Waals surface area contributed by atoms with Gasteiger partial charge in [-0.25, -0.2) is 4.68 Å². The molecule has 6 nitrogen and oxygen atoms in total. The van der Waals surface area contributed by atoms with Gasteiger partial charge in [0.1, 0.15) is 18.4 Å². The zero-order chi connectivity index (χ0) is 12.1. The first-order valence-corrected chi connectivity index (χ1v) is 5.56. The highest BCUT2D eigenvalue weighted by Gasteiger charge is 2.03. The van der Waals surface area contributed by atoms with E-state index in [1.165, 1.54) is 17.3 Å². The van der Waals surface area contributed by atoms with E-state index < -0.39 is 0 Å². The SMILES string of the molecule is O=C(COc1ccc(Br)cc1)Nn1cnnc1. The molecule has 1 aromatic carbocycles. The lowest BCUT2D eigenvalue weighted by molar-refractivity contribution is -0.119. The van der Waals surface area contributed by atoms with Gasteiger partial charge in [0.15, 0.2) is 6.61 Å². The van der Waals surface area contributed by atoms with E-state index in [-0.39, 0.29) is 12.5 Å². The third kappa shape index (κ3) is 3.56. The number of hydrogen-bond acceptors (Lipinski definition) is 4. The van der Waals surface area contributed by atoms with Crippen LogP contribution in [0.3, 0.4) is 0 Å². The average molecular weight is 297 g/mol. The Hall–Kier alpha value is -1.89. The van der Waals surface area contributed by atoms with Gasteiger partial charge in [-0.05, 0) is 24.3 Å². The summed E-state index contributed by atoms with van der Waals surface area (Å²) in [5.74, 6) is 0.347. The quantitative estimate of drug-likeness (QED) is 0.920. The van der Waals surface area contributed by atoms with Crippen LogP contribution in [0.4, 0.5) is 0 Å². The minimum absolute atomic E-state index is 0.0696. The van der Waals surface area contributed by atoms with Gasteiger partial charge in [0.25, 0.3) is 5.91 Å². The Bertz CT molecular complexity index is 484. The lowest BCUT2D eigenvalue weighted by Crippen LogP contribution is -2.26. The summed E-state index contributed by atoms with van der Waals surface area (Å²) in [6, 6.07) is 7.23. The summed E-state index contributed by atoms with van der Waals surface area (Å²) < 4.78 is 7.60. The van der Waals surface area contributed by atoms with Gasteiger partial charge in [-0.3, -0.25) is 10.2 Å². The fourth-order valence-corrected chi connectivity index (χ4v) is 1.38. The molecule has 0 aliphatic rings. The molecule has 7 heteroatoms. The Morgan fingerprint density at radius 2 is 1.94 bits per heavy atom. The summed E-state index contributed by atoms with van der Waals surface area (Å²) in [6.45, 7) is -0.0696. The van der Waals surface area contributed by atoms with Crippen LogP contribution >= 0.6 is 15.9 Å².